The largest absolute Gasteiger partial charge is 0.310 e. The molecular weight excluding hydrogens is 240 g/mol. The summed E-state index contributed by atoms with van der Waals surface area (Å²) in [6, 6.07) is 5.54. The molecule has 0 bridgehead atoms. The number of aryl methyl sites for hydroxylation is 1. The number of para-hydroxylation sites is 1. The second kappa shape index (κ2) is 4.58. The molecule has 82 valence electrons. The molecule has 5 heteroatoms. The Morgan fingerprint density at radius 1 is 1.40 bits per heavy atom. The van der Waals surface area contributed by atoms with E-state index in [1.807, 2.05) is 12.1 Å². The Balaban J connectivity index is 2.32. The van der Waals surface area contributed by atoms with E-state index >= 15 is 0 Å². The van der Waals surface area contributed by atoms with E-state index in [1.165, 1.54) is 0 Å². The van der Waals surface area contributed by atoms with Gasteiger partial charge in [0, 0.05) is 18.5 Å². The third kappa shape index (κ3) is 2.37. The van der Waals surface area contributed by atoms with E-state index in [0.717, 1.165) is 24.1 Å². The van der Waals surface area contributed by atoms with Gasteiger partial charge < -0.3 is 4.31 Å². The molecule has 1 heterocycles. The minimum Gasteiger partial charge on any atom is -0.310 e. The summed E-state index contributed by atoms with van der Waals surface area (Å²) in [5.74, 6) is -2.40. The highest BCUT2D eigenvalue weighted by molar-refractivity contribution is 8.00. The Labute approximate surface area is 96.5 Å². The summed E-state index contributed by atoms with van der Waals surface area (Å²) in [5.41, 5.74) is 1.82. The topological polar surface area (TPSA) is 3.24 Å². The van der Waals surface area contributed by atoms with Crippen LogP contribution in [0, 0.1) is 0 Å². The average Bonchev–Trinajstić information content (AvgIpc) is 2.17. The highest BCUT2D eigenvalue weighted by atomic mass is 35.5. The molecule has 0 amide bonds. The first-order valence-corrected chi connectivity index (χ1v) is 5.90. The van der Waals surface area contributed by atoms with Crippen molar-refractivity contribution in [3.63, 3.8) is 0 Å². The molecule has 0 aliphatic carbocycles. The van der Waals surface area contributed by atoms with E-state index in [-0.39, 0.29) is 0 Å². The first-order chi connectivity index (χ1) is 7.18. The first-order valence-electron chi connectivity index (χ1n) is 4.68. The molecule has 0 aromatic heterocycles. The van der Waals surface area contributed by atoms with Gasteiger partial charge in [0.15, 0.2) is 0 Å². The highest BCUT2D eigenvalue weighted by Gasteiger charge is 2.22. The normalized spacial score (nSPS) is 15.6. The Morgan fingerprint density at radius 3 is 2.93 bits per heavy atom. The first kappa shape index (κ1) is 11.0. The number of hydrogen-bond acceptors (Lipinski definition) is 2. The lowest BCUT2D eigenvalue weighted by Gasteiger charge is -2.30. The lowest BCUT2D eigenvalue weighted by molar-refractivity contribution is 0.251. The molecule has 0 unspecified atom stereocenters. The van der Waals surface area contributed by atoms with E-state index < -0.39 is 5.76 Å². The van der Waals surface area contributed by atoms with Crippen molar-refractivity contribution in [1.29, 1.82) is 0 Å². The van der Waals surface area contributed by atoms with E-state index in [9.17, 15) is 8.78 Å². The summed E-state index contributed by atoms with van der Waals surface area (Å²) in [6.45, 7) is 0.631. The molecule has 0 radical (unpaired) electrons. The predicted molar refractivity (Wildman–Crippen MR) is 60.7 cm³/mol. The number of fused-ring (bicyclic) bond motifs is 1. The molecular formula is C10H10ClF2NS. The van der Waals surface area contributed by atoms with Crippen LogP contribution in [-0.2, 0) is 6.42 Å². The van der Waals surface area contributed by atoms with Crippen LogP contribution in [0.3, 0.4) is 0 Å². The Morgan fingerprint density at radius 2 is 2.20 bits per heavy atom. The van der Waals surface area contributed by atoms with E-state index in [1.54, 1.807) is 10.4 Å². The zero-order valence-electron chi connectivity index (χ0n) is 7.92. The summed E-state index contributed by atoms with van der Waals surface area (Å²) in [5, 5.41) is 0.556. The molecule has 0 saturated heterocycles. The van der Waals surface area contributed by atoms with Crippen LogP contribution in [0.1, 0.15) is 12.0 Å². The predicted octanol–water partition coefficient (Wildman–Crippen LogP) is 3.96. The smallest absolute Gasteiger partial charge is 0.302 e. The molecule has 1 aliphatic heterocycles. The minimum absolute atomic E-state index is 0.548. The Bertz CT molecular complexity index is 359. The van der Waals surface area contributed by atoms with Crippen LogP contribution in [0.25, 0.3) is 0 Å². The van der Waals surface area contributed by atoms with Crippen molar-refractivity contribution in [3.8, 4) is 0 Å². The molecule has 1 nitrogen and oxygen atoms in total. The van der Waals surface area contributed by atoms with E-state index in [2.05, 4.69) is 0 Å². The SMILES string of the molecule is FC(F)SN1CCCc2cccc(Cl)c21. The van der Waals surface area contributed by atoms with Gasteiger partial charge in [-0.2, -0.15) is 8.78 Å². The Hall–Kier alpha value is -0.480. The number of nitrogens with zero attached hydrogens (tertiary/aromatic N) is 1. The lowest BCUT2D eigenvalue weighted by atomic mass is 10.0. The molecule has 1 aromatic carbocycles. The van der Waals surface area contributed by atoms with Gasteiger partial charge in [0.2, 0.25) is 0 Å². The van der Waals surface area contributed by atoms with Crippen molar-refractivity contribution >= 4 is 29.2 Å². The van der Waals surface area contributed by atoms with Crippen molar-refractivity contribution in [1.82, 2.24) is 0 Å². The third-order valence-electron chi connectivity index (χ3n) is 2.33. The van der Waals surface area contributed by atoms with Gasteiger partial charge in [0.05, 0.1) is 10.7 Å². The molecule has 2 rings (SSSR count). The third-order valence-corrected chi connectivity index (χ3v) is 3.42. The van der Waals surface area contributed by atoms with Crippen LogP contribution in [-0.4, -0.2) is 12.3 Å². The van der Waals surface area contributed by atoms with Crippen molar-refractivity contribution in [2.75, 3.05) is 10.8 Å². The standard InChI is InChI=1S/C10H10ClF2NS/c11-8-5-1-3-7-4-2-6-14(9(7)8)15-10(12)13/h1,3,5,10H,2,4,6H2. The minimum atomic E-state index is -2.40. The summed E-state index contributed by atoms with van der Waals surface area (Å²) in [4.78, 5) is 0. The van der Waals surface area contributed by atoms with Gasteiger partial charge in [-0.05, 0) is 24.5 Å². The van der Waals surface area contributed by atoms with E-state index in [0.29, 0.717) is 23.5 Å². The van der Waals surface area contributed by atoms with Crippen molar-refractivity contribution < 1.29 is 8.78 Å². The lowest BCUT2D eigenvalue weighted by Crippen LogP contribution is -2.24. The van der Waals surface area contributed by atoms with Crippen LogP contribution in [0.15, 0.2) is 18.2 Å². The molecule has 1 aromatic rings. The fourth-order valence-electron chi connectivity index (χ4n) is 1.77. The fourth-order valence-corrected chi connectivity index (χ4v) is 2.86. The molecule has 0 spiro atoms. The van der Waals surface area contributed by atoms with Crippen LogP contribution in [0.4, 0.5) is 14.5 Å². The quantitative estimate of drug-likeness (QED) is 0.730. The van der Waals surface area contributed by atoms with Gasteiger partial charge in [0.25, 0.3) is 0 Å². The van der Waals surface area contributed by atoms with Gasteiger partial charge in [-0.15, -0.1) is 0 Å². The number of hydrogen-bond donors (Lipinski definition) is 0. The average molecular weight is 250 g/mol. The monoisotopic (exact) mass is 249 g/mol. The molecule has 15 heavy (non-hydrogen) atoms. The number of rotatable bonds is 2. The van der Waals surface area contributed by atoms with Gasteiger partial charge >= 0.3 is 5.76 Å². The maximum Gasteiger partial charge on any atom is 0.302 e. The molecule has 0 saturated carbocycles. The summed E-state index contributed by atoms with van der Waals surface area (Å²) >= 11 is 6.57. The second-order valence-electron chi connectivity index (χ2n) is 3.32. The second-order valence-corrected chi connectivity index (χ2v) is 4.73. The maximum absolute atomic E-state index is 12.3. The van der Waals surface area contributed by atoms with Crippen molar-refractivity contribution in [2.24, 2.45) is 0 Å². The molecule has 1 aliphatic rings. The molecule has 0 fully saturated rings. The van der Waals surface area contributed by atoms with Gasteiger partial charge in [-0.1, -0.05) is 23.7 Å². The van der Waals surface area contributed by atoms with Crippen molar-refractivity contribution in [2.45, 2.75) is 18.6 Å². The number of halogens is 3. The maximum atomic E-state index is 12.3. The van der Waals surface area contributed by atoms with E-state index in [4.69, 9.17) is 11.6 Å². The van der Waals surface area contributed by atoms with Gasteiger partial charge in [0.1, 0.15) is 0 Å². The summed E-state index contributed by atoms with van der Waals surface area (Å²) in [7, 11) is 0. The summed E-state index contributed by atoms with van der Waals surface area (Å²) in [6.07, 6.45) is 1.81. The van der Waals surface area contributed by atoms with Crippen LogP contribution in [0.2, 0.25) is 5.02 Å². The van der Waals surface area contributed by atoms with Crippen LogP contribution in [0.5, 0.6) is 0 Å². The highest BCUT2D eigenvalue weighted by Crippen LogP contribution is 2.39. The zero-order valence-corrected chi connectivity index (χ0v) is 9.49. The fraction of sp³-hybridized carbons (Fsp3) is 0.400. The Kier molecular flexibility index (Phi) is 3.36. The van der Waals surface area contributed by atoms with Gasteiger partial charge in [-0.25, -0.2) is 0 Å². The zero-order chi connectivity index (χ0) is 10.8. The van der Waals surface area contributed by atoms with Crippen molar-refractivity contribution in [3.05, 3.63) is 28.8 Å². The number of anilines is 1. The summed E-state index contributed by atoms with van der Waals surface area (Å²) < 4.78 is 26.2. The number of benzene rings is 1. The van der Waals surface area contributed by atoms with Crippen LogP contribution >= 0.6 is 23.5 Å². The van der Waals surface area contributed by atoms with Gasteiger partial charge in [-0.3, -0.25) is 0 Å². The number of alkyl halides is 2. The molecule has 0 N–H and O–H groups in total. The van der Waals surface area contributed by atoms with Crippen LogP contribution < -0.4 is 4.31 Å². The molecule has 0 atom stereocenters.